The molecule has 2 aliphatic heterocycles. The van der Waals surface area contributed by atoms with E-state index in [1.807, 2.05) is 4.90 Å². The van der Waals surface area contributed by atoms with Gasteiger partial charge in [0.25, 0.3) is 5.91 Å². The van der Waals surface area contributed by atoms with Gasteiger partial charge in [0.2, 0.25) is 5.91 Å². The van der Waals surface area contributed by atoms with E-state index in [4.69, 9.17) is 11.6 Å². The second kappa shape index (κ2) is 5.85. The molecular weight excluding hydrogens is 290 g/mol. The van der Waals surface area contributed by atoms with Crippen molar-refractivity contribution in [3.63, 3.8) is 0 Å². The molecule has 110 valence electrons. The monoisotopic (exact) mass is 305 g/mol. The predicted octanol–water partition coefficient (Wildman–Crippen LogP) is 2.45. The molecule has 21 heavy (non-hydrogen) atoms. The molecular formula is C15H16ClN3O2. The van der Waals surface area contributed by atoms with Crippen LogP contribution < -0.4 is 5.01 Å². The summed E-state index contributed by atoms with van der Waals surface area (Å²) in [6.07, 6.45) is 2.80. The third-order valence-electron chi connectivity index (χ3n) is 3.74. The number of halogens is 1. The maximum absolute atomic E-state index is 12.4. The summed E-state index contributed by atoms with van der Waals surface area (Å²) < 4.78 is 0. The third kappa shape index (κ3) is 2.93. The van der Waals surface area contributed by atoms with Crippen molar-refractivity contribution in [2.75, 3.05) is 18.1 Å². The quantitative estimate of drug-likeness (QED) is 0.842. The van der Waals surface area contributed by atoms with Gasteiger partial charge in [-0.05, 0) is 37.1 Å². The van der Waals surface area contributed by atoms with E-state index in [1.165, 1.54) is 5.01 Å². The molecule has 0 aromatic heterocycles. The molecule has 5 nitrogen and oxygen atoms in total. The number of hydrazone groups is 1. The van der Waals surface area contributed by atoms with Crippen LogP contribution >= 0.6 is 11.6 Å². The fourth-order valence-electron chi connectivity index (χ4n) is 2.59. The molecule has 0 N–H and O–H groups in total. The summed E-state index contributed by atoms with van der Waals surface area (Å²) in [5, 5.41) is 6.18. The lowest BCUT2D eigenvalue weighted by molar-refractivity contribution is -0.123. The van der Waals surface area contributed by atoms with Crippen molar-refractivity contribution in [1.29, 1.82) is 0 Å². The number of hydrogen-bond donors (Lipinski definition) is 0. The van der Waals surface area contributed by atoms with Gasteiger partial charge >= 0.3 is 0 Å². The summed E-state index contributed by atoms with van der Waals surface area (Å²) >= 11 is 5.85. The topological polar surface area (TPSA) is 53.0 Å². The first-order valence-electron chi connectivity index (χ1n) is 7.10. The Balaban J connectivity index is 1.85. The summed E-state index contributed by atoms with van der Waals surface area (Å²) in [4.78, 5) is 26.2. The van der Waals surface area contributed by atoms with Crippen LogP contribution in [-0.2, 0) is 9.59 Å². The molecule has 1 saturated heterocycles. The molecule has 2 aliphatic rings. The highest BCUT2D eigenvalue weighted by Gasteiger charge is 2.29. The smallest absolute Gasteiger partial charge is 0.270 e. The van der Waals surface area contributed by atoms with Gasteiger partial charge in [0.15, 0.2) is 0 Å². The summed E-state index contributed by atoms with van der Waals surface area (Å²) in [6, 6.07) is 6.87. The lowest BCUT2D eigenvalue weighted by Gasteiger charge is -2.25. The van der Waals surface area contributed by atoms with Gasteiger partial charge in [-0.15, -0.1) is 0 Å². The van der Waals surface area contributed by atoms with Gasteiger partial charge in [-0.3, -0.25) is 9.59 Å². The van der Waals surface area contributed by atoms with Gasteiger partial charge in [-0.25, -0.2) is 5.01 Å². The van der Waals surface area contributed by atoms with Crippen LogP contribution in [0, 0.1) is 0 Å². The zero-order chi connectivity index (χ0) is 14.8. The van der Waals surface area contributed by atoms with Crippen LogP contribution in [0.2, 0.25) is 5.02 Å². The Hall–Kier alpha value is -1.88. The van der Waals surface area contributed by atoms with E-state index in [0.29, 0.717) is 29.3 Å². The van der Waals surface area contributed by atoms with E-state index in [9.17, 15) is 9.59 Å². The highest BCUT2D eigenvalue weighted by molar-refractivity contribution is 6.40. The van der Waals surface area contributed by atoms with Crippen molar-refractivity contribution in [2.24, 2.45) is 5.10 Å². The van der Waals surface area contributed by atoms with E-state index < -0.39 is 0 Å². The van der Waals surface area contributed by atoms with Gasteiger partial charge in [-0.2, -0.15) is 5.10 Å². The Bertz CT molecular complexity index is 591. The summed E-state index contributed by atoms with van der Waals surface area (Å²) in [7, 11) is 0. The first-order valence-corrected chi connectivity index (χ1v) is 7.48. The zero-order valence-electron chi connectivity index (χ0n) is 11.6. The van der Waals surface area contributed by atoms with Crippen LogP contribution in [0.1, 0.15) is 25.7 Å². The fraction of sp³-hybridized carbons (Fsp3) is 0.400. The SMILES string of the molecule is O=C(C1=NN(c2ccc(Cl)cc2)C(=O)CC1)N1CCCC1. The van der Waals surface area contributed by atoms with Crippen LogP contribution in [0.4, 0.5) is 5.69 Å². The second-order valence-electron chi connectivity index (χ2n) is 5.23. The first kappa shape index (κ1) is 14.1. The maximum atomic E-state index is 12.4. The van der Waals surface area contributed by atoms with Crippen molar-refractivity contribution < 1.29 is 9.59 Å². The van der Waals surface area contributed by atoms with Crippen molar-refractivity contribution in [2.45, 2.75) is 25.7 Å². The van der Waals surface area contributed by atoms with E-state index in [-0.39, 0.29) is 11.8 Å². The van der Waals surface area contributed by atoms with Crippen LogP contribution in [0.5, 0.6) is 0 Å². The molecule has 0 aliphatic carbocycles. The average Bonchev–Trinajstić information content (AvgIpc) is 3.02. The first-order chi connectivity index (χ1) is 10.1. The molecule has 6 heteroatoms. The number of carbonyl (C=O) groups excluding carboxylic acids is 2. The molecule has 1 aromatic carbocycles. The summed E-state index contributed by atoms with van der Waals surface area (Å²) in [6.45, 7) is 1.57. The van der Waals surface area contributed by atoms with E-state index in [2.05, 4.69) is 5.10 Å². The standard InChI is InChI=1S/C15H16ClN3O2/c16-11-3-5-12(6-4-11)19-14(20)8-7-13(17-19)15(21)18-9-1-2-10-18/h3-6H,1-2,7-10H2. The van der Waals surface area contributed by atoms with Gasteiger partial charge in [0, 0.05) is 31.0 Å². The molecule has 0 radical (unpaired) electrons. The molecule has 0 atom stereocenters. The molecule has 0 unspecified atom stereocenters. The highest BCUT2D eigenvalue weighted by Crippen LogP contribution is 2.23. The maximum Gasteiger partial charge on any atom is 0.270 e. The molecule has 0 bridgehead atoms. The number of hydrogen-bond acceptors (Lipinski definition) is 3. The normalized spacial score (nSPS) is 18.9. The lowest BCUT2D eigenvalue weighted by atomic mass is 10.1. The number of likely N-dealkylation sites (tertiary alicyclic amines) is 1. The van der Waals surface area contributed by atoms with E-state index >= 15 is 0 Å². The van der Waals surface area contributed by atoms with Crippen molar-refractivity contribution >= 4 is 34.8 Å². The van der Waals surface area contributed by atoms with Gasteiger partial charge < -0.3 is 4.90 Å². The Morgan fingerprint density at radius 1 is 1.10 bits per heavy atom. The molecule has 2 heterocycles. The molecule has 1 fully saturated rings. The minimum Gasteiger partial charge on any atom is -0.338 e. The number of amides is 2. The number of rotatable bonds is 2. The minimum absolute atomic E-state index is 0.0426. The van der Waals surface area contributed by atoms with Crippen LogP contribution in [0.3, 0.4) is 0 Å². The number of anilines is 1. The van der Waals surface area contributed by atoms with Crippen molar-refractivity contribution in [3.05, 3.63) is 29.3 Å². The summed E-state index contributed by atoms with van der Waals surface area (Å²) in [5.41, 5.74) is 1.10. The third-order valence-corrected chi connectivity index (χ3v) is 4.00. The number of carbonyl (C=O) groups is 2. The Morgan fingerprint density at radius 2 is 1.76 bits per heavy atom. The number of nitrogens with zero attached hydrogens (tertiary/aromatic N) is 3. The van der Waals surface area contributed by atoms with Crippen LogP contribution in [-0.4, -0.2) is 35.5 Å². The fourth-order valence-corrected chi connectivity index (χ4v) is 2.72. The van der Waals surface area contributed by atoms with Crippen LogP contribution in [0.15, 0.2) is 29.4 Å². The Morgan fingerprint density at radius 3 is 2.43 bits per heavy atom. The van der Waals surface area contributed by atoms with Gasteiger partial charge in [-0.1, -0.05) is 11.6 Å². The van der Waals surface area contributed by atoms with E-state index in [1.54, 1.807) is 24.3 Å². The molecule has 0 spiro atoms. The van der Waals surface area contributed by atoms with E-state index in [0.717, 1.165) is 25.9 Å². The average molecular weight is 306 g/mol. The molecule has 2 amide bonds. The molecule has 1 aromatic rings. The highest BCUT2D eigenvalue weighted by atomic mass is 35.5. The molecule has 0 saturated carbocycles. The second-order valence-corrected chi connectivity index (χ2v) is 5.66. The number of benzene rings is 1. The van der Waals surface area contributed by atoms with Crippen molar-refractivity contribution in [1.82, 2.24) is 4.90 Å². The van der Waals surface area contributed by atoms with Gasteiger partial charge in [0.05, 0.1) is 5.69 Å². The van der Waals surface area contributed by atoms with Crippen molar-refractivity contribution in [3.8, 4) is 0 Å². The Labute approximate surface area is 128 Å². The predicted molar refractivity (Wildman–Crippen MR) is 81.4 cm³/mol. The largest absolute Gasteiger partial charge is 0.338 e. The zero-order valence-corrected chi connectivity index (χ0v) is 12.3. The van der Waals surface area contributed by atoms with Gasteiger partial charge in [0.1, 0.15) is 5.71 Å². The molecule has 3 rings (SSSR count). The summed E-state index contributed by atoms with van der Waals surface area (Å²) in [5.74, 6) is -0.144. The van der Waals surface area contributed by atoms with Crippen LogP contribution in [0.25, 0.3) is 0 Å². The minimum atomic E-state index is -0.102. The Kier molecular flexibility index (Phi) is 3.92. The lowest BCUT2D eigenvalue weighted by Crippen LogP contribution is -2.40.